The molecule has 6 aromatic rings. The van der Waals surface area contributed by atoms with Crippen molar-refractivity contribution >= 4 is 176 Å². The largest absolute Gasteiger partial charge is 1.00 e. The third kappa shape index (κ3) is 27.7. The number of benzene rings is 6. The van der Waals surface area contributed by atoms with Gasteiger partial charge in [-0.05, 0) is 261 Å². The first-order valence-corrected chi connectivity index (χ1v) is 36.1. The maximum Gasteiger partial charge on any atom is 1.00 e. The van der Waals surface area contributed by atoms with E-state index in [9.17, 15) is 19.2 Å². The second-order valence-corrected chi connectivity index (χ2v) is 28.7. The Kier molecular flexibility index (Phi) is 39.4. The van der Waals surface area contributed by atoms with Gasteiger partial charge in [-0.2, -0.15) is 5.10 Å². The number of carbonyl (C=O) groups is 5. The molecule has 0 heterocycles. The van der Waals surface area contributed by atoms with E-state index in [1.54, 1.807) is 0 Å². The fourth-order valence-corrected chi connectivity index (χ4v) is 13.7. The number of Topliss-reactive ketones (excluding diaryl/α,β-unsaturated/α-hetero) is 4. The minimum Gasteiger partial charge on any atom is -0.550 e. The van der Waals surface area contributed by atoms with Crippen molar-refractivity contribution in [3.8, 4) is 0 Å². The van der Waals surface area contributed by atoms with Gasteiger partial charge in [-0.25, -0.2) is 0 Å². The van der Waals surface area contributed by atoms with E-state index in [1.807, 2.05) is 78.9 Å². The molecule has 0 aliphatic heterocycles. The van der Waals surface area contributed by atoms with Crippen LogP contribution in [0.3, 0.4) is 0 Å². The molecule has 0 spiro atoms. The van der Waals surface area contributed by atoms with Crippen molar-refractivity contribution in [1.29, 1.82) is 0 Å². The molecule has 506 valence electrons. The first-order valence-electron chi connectivity index (χ1n) is 31.0. The summed E-state index contributed by atoms with van der Waals surface area (Å²) in [5.74, 6) is -0.00515. The normalized spacial score (nSPS) is 18.0. The van der Waals surface area contributed by atoms with Gasteiger partial charge in [0.1, 0.15) is 11.5 Å². The van der Waals surface area contributed by atoms with E-state index in [0.29, 0.717) is 47.8 Å². The van der Waals surface area contributed by atoms with Gasteiger partial charge < -0.3 is 42.3 Å². The number of aliphatic hydroxyl groups is 1. The number of rotatable bonds is 3. The van der Waals surface area contributed by atoms with Crippen LogP contribution in [-0.4, -0.2) is 52.0 Å². The van der Waals surface area contributed by atoms with Gasteiger partial charge in [0.2, 0.25) is 0 Å². The number of aliphatic hydroxyl groups excluding tert-OH is 1. The third-order valence-electron chi connectivity index (χ3n) is 16.4. The van der Waals surface area contributed by atoms with E-state index >= 15 is 0 Å². The van der Waals surface area contributed by atoms with E-state index in [2.05, 4.69) is 164 Å². The zero-order valence-electron chi connectivity index (χ0n) is 54.7. The van der Waals surface area contributed by atoms with Crippen molar-refractivity contribution in [3.63, 3.8) is 0 Å². The van der Waals surface area contributed by atoms with Crippen molar-refractivity contribution in [2.24, 2.45) is 31.7 Å². The monoisotopic (exact) mass is 1750 g/mol. The molecule has 8 N–H and O–H groups in total. The fourth-order valence-electron chi connectivity index (χ4n) is 11.7. The van der Waals surface area contributed by atoms with Gasteiger partial charge in [0.25, 0.3) is 0 Å². The van der Waals surface area contributed by atoms with Crippen molar-refractivity contribution in [1.82, 2.24) is 0 Å². The summed E-state index contributed by atoms with van der Waals surface area (Å²) in [6.07, 6.45) is 18.8. The summed E-state index contributed by atoms with van der Waals surface area (Å²) >= 11 is 25.5. The Morgan fingerprint density at radius 2 is 0.959 bits per heavy atom. The Morgan fingerprint density at radius 3 is 1.35 bits per heavy atom. The van der Waals surface area contributed by atoms with Crippen LogP contribution in [0.4, 0.5) is 17.1 Å². The van der Waals surface area contributed by atoms with Gasteiger partial charge in [0.15, 0.2) is 17.3 Å². The number of allylic oxidation sites excluding steroid dienone is 5. The number of carbonyl (C=O) groups excluding carboxylic acids is 5. The van der Waals surface area contributed by atoms with Gasteiger partial charge in [0.05, 0.1) is 29.4 Å². The predicted molar refractivity (Wildman–Crippen MR) is 403 cm³/mol. The molecule has 26 heteroatoms. The number of halogens is 7. The Labute approximate surface area is 671 Å². The summed E-state index contributed by atoms with van der Waals surface area (Å²) in [6.45, 7) is 0.972. The fraction of sp³-hybridized carbons (Fsp3) is 0.306. The Morgan fingerprint density at radius 1 is 0.541 bits per heavy atom. The summed E-state index contributed by atoms with van der Waals surface area (Å²) in [5.41, 5.74) is 40.9. The second-order valence-electron chi connectivity index (χ2n) is 23.0. The van der Waals surface area contributed by atoms with Gasteiger partial charge in [-0.3, -0.25) is 24.6 Å². The van der Waals surface area contributed by atoms with E-state index in [1.165, 1.54) is 83.0 Å². The molecular weight excluding hydrogens is 1680 g/mol. The van der Waals surface area contributed by atoms with Crippen LogP contribution in [0.1, 0.15) is 143 Å². The number of hydrazone groups is 1. The van der Waals surface area contributed by atoms with E-state index < -0.39 is 5.97 Å². The molecule has 3 fully saturated rings. The van der Waals surface area contributed by atoms with Crippen LogP contribution in [-0.2, 0) is 43.2 Å². The molecule has 15 rings (SSSR count). The topological polar surface area (TPSA) is 308 Å². The van der Waals surface area contributed by atoms with Crippen LogP contribution >= 0.6 is 107 Å². The van der Waals surface area contributed by atoms with E-state index in [0.717, 1.165) is 155 Å². The van der Waals surface area contributed by atoms with Crippen LogP contribution in [0.5, 0.6) is 0 Å². The zero-order chi connectivity index (χ0) is 69.8. The van der Waals surface area contributed by atoms with Crippen LogP contribution in [0.15, 0.2) is 203 Å². The molecule has 0 amide bonds. The molecule has 0 radical (unpaired) electrons. The molecule has 3 saturated carbocycles. The van der Waals surface area contributed by atoms with Crippen molar-refractivity contribution in [2.75, 3.05) is 11.2 Å². The standard InChI is InChI=1S/2C12H12BrN.C12H9BrO.C11H11BrN2O.C6H4BrClN2.C6H6BrN.C6H8O2.C5H8O.C2H4O2.HNO2.2Na/c3*13-8-2-1-7-5-11-9(10(7)6-8)3-4-12(11)14;12-8-4-6-9(7-5-8)13-14-10-2-1-3-11(10)15;7-5-1-3-6(4-2-5)9-10-8;7-5-1-3-6(8)4-2-5;7-4-5-2-1-3-6(5)8;6-5-3-1-2-4-5;1-2(3)4;2-1-3;;/h2*1-2,6,12H,3-5,14H2;1-2,6H,3-5H2;4-7,13H,1-3H2;1-4H;1-4H,8H2;4,7H,1-3H2;1-4H2;1H3,(H,3,4);(H,2,3);;/q;;;;;;;;;;2*+1/p-2/b;;;14-10+;;;5-4+;;;;;. The zero-order valence-corrected chi connectivity index (χ0v) is 68.9. The first-order chi connectivity index (χ1) is 46.0. The number of nitrogen functional groups attached to an aromatic ring is 1. The molecule has 0 bridgehead atoms. The predicted octanol–water partition coefficient (Wildman–Crippen LogP) is 12.9. The van der Waals surface area contributed by atoms with Crippen molar-refractivity contribution < 1.29 is 93.3 Å². The summed E-state index contributed by atoms with van der Waals surface area (Å²) in [6, 6.07) is 42.6. The summed E-state index contributed by atoms with van der Waals surface area (Å²) in [7, 11) is 0. The molecule has 0 saturated heterocycles. The number of hydrogen-bond acceptors (Lipinski definition) is 17. The summed E-state index contributed by atoms with van der Waals surface area (Å²) < 4.78 is 9.66. The number of aliphatic carboxylic acids is 1. The quantitative estimate of drug-likeness (QED) is 0.0210. The van der Waals surface area contributed by atoms with Gasteiger partial charge in [-0.1, -0.05) is 118 Å². The first kappa shape index (κ1) is 86.0. The van der Waals surface area contributed by atoms with Crippen molar-refractivity contribution in [2.45, 2.75) is 141 Å². The molecule has 98 heavy (non-hydrogen) atoms. The maximum absolute atomic E-state index is 11.5. The van der Waals surface area contributed by atoms with Gasteiger partial charge in [-0.15, -0.1) is 10.5 Å². The SMILES string of the molecule is CC(=O)[O-].ClN=Nc1ccc(Br)cc1.NC1CCC2=C1Cc1ccc(Br)cc12.NC1CCC2=C1Cc1ccc(Br)cc12.Nc1ccc(Br)cc1.O=C1CCC/C1=C\O.O=C1CCC/C1=N\Nc1ccc(Br)cc1.O=C1CCC2=C1Cc1ccc(Br)cc12.O=C1CCCC1.O=N[O-].[Na+].[Na+]. The number of nitrogens with zero attached hydrogens (tertiary/aromatic N) is 4. The molecule has 17 nitrogen and oxygen atoms in total. The average molecular weight is 1760 g/mol. The van der Waals surface area contributed by atoms with Crippen LogP contribution in [0, 0.1) is 10.1 Å². The molecule has 9 aliphatic carbocycles. The Bertz CT molecular complexity index is 3830. The number of anilines is 2. The second kappa shape index (κ2) is 44.9. The molecule has 2 atom stereocenters. The number of carboxylic acid groups (broad SMARTS) is 1. The van der Waals surface area contributed by atoms with Gasteiger partial charge >= 0.3 is 59.1 Å². The minimum atomic E-state index is -1.08. The van der Waals surface area contributed by atoms with E-state index in [-0.39, 0.29) is 70.7 Å². The number of hydrogen-bond donors (Lipinski definition) is 5. The smallest absolute Gasteiger partial charge is 0.550 e. The molecule has 9 aliphatic rings. The molecular formula is C72H73Br6ClN8Na2O9. The van der Waals surface area contributed by atoms with Gasteiger partial charge in [0, 0.05) is 100 Å². The molecule has 6 aromatic carbocycles. The summed E-state index contributed by atoms with van der Waals surface area (Å²) in [5, 5.41) is 34.0. The summed E-state index contributed by atoms with van der Waals surface area (Å²) in [4.78, 5) is 60.5. The Hall–Kier alpha value is -4.41. The number of nitrogens with two attached hydrogens (primary N) is 3. The third-order valence-corrected chi connectivity index (χ3v) is 19.5. The van der Waals surface area contributed by atoms with E-state index in [4.69, 9.17) is 54.1 Å². The number of nitrogens with one attached hydrogen (secondary N) is 1. The van der Waals surface area contributed by atoms with Crippen LogP contribution in [0.2, 0.25) is 0 Å². The average Bonchev–Trinajstić information content (AvgIpc) is 1.64. The van der Waals surface area contributed by atoms with Crippen LogP contribution in [0.25, 0.3) is 16.7 Å². The molecule has 0 aromatic heterocycles. The number of fused-ring (bicyclic) bond motifs is 6. The number of carboxylic acids is 1. The number of ketones is 4. The minimum absolute atomic E-state index is 0. The van der Waals surface area contributed by atoms with Crippen molar-refractivity contribution in [3.05, 3.63) is 226 Å². The maximum atomic E-state index is 11.5. The molecule has 2 unspecified atom stereocenters. The van der Waals surface area contributed by atoms with Crippen LogP contribution < -0.4 is 86.8 Å². The Balaban J connectivity index is 0.000000237.